The first-order valence-electron chi connectivity index (χ1n) is 8.49. The highest BCUT2D eigenvalue weighted by Crippen LogP contribution is 2.29. The van der Waals surface area contributed by atoms with Crippen LogP contribution in [0.25, 0.3) is 0 Å². The summed E-state index contributed by atoms with van der Waals surface area (Å²) in [5.74, 6) is -1.33. The van der Waals surface area contributed by atoms with E-state index in [1.807, 2.05) is 0 Å². The molecule has 1 aromatic rings. The highest BCUT2D eigenvalue weighted by molar-refractivity contribution is 7.89. The van der Waals surface area contributed by atoms with Crippen molar-refractivity contribution in [2.45, 2.75) is 12.8 Å². The van der Waals surface area contributed by atoms with E-state index in [-0.39, 0.29) is 25.4 Å². The molecule has 0 unspecified atom stereocenters. The number of benzene rings is 1. The summed E-state index contributed by atoms with van der Waals surface area (Å²) in [6, 6.07) is 6.43. The van der Waals surface area contributed by atoms with Crippen molar-refractivity contribution in [2.75, 3.05) is 38.7 Å². The van der Waals surface area contributed by atoms with Crippen LogP contribution in [0.4, 0.5) is 0 Å². The van der Waals surface area contributed by atoms with Crippen LogP contribution in [0.3, 0.4) is 0 Å². The number of sulfonamides is 1. The Labute approximate surface area is 152 Å². The van der Waals surface area contributed by atoms with Crippen molar-refractivity contribution in [3.05, 3.63) is 35.4 Å². The summed E-state index contributed by atoms with van der Waals surface area (Å²) >= 11 is 0. The minimum atomic E-state index is -3.70. The van der Waals surface area contributed by atoms with E-state index in [0.717, 1.165) is 4.90 Å². The number of rotatable bonds is 7. The average Bonchev–Trinajstić information content (AvgIpc) is 2.90. The number of aliphatic hydroxyl groups excluding tert-OH is 1. The Morgan fingerprint density at radius 2 is 1.69 bits per heavy atom. The normalized spacial score (nSPS) is 19.7. The lowest BCUT2D eigenvalue weighted by Crippen LogP contribution is -2.45. The second-order valence-electron chi connectivity index (χ2n) is 6.72. The third kappa shape index (κ3) is 3.80. The van der Waals surface area contributed by atoms with Gasteiger partial charge in [0.05, 0.1) is 23.5 Å². The summed E-state index contributed by atoms with van der Waals surface area (Å²) in [4.78, 5) is 25.5. The molecule has 1 saturated heterocycles. The Bertz CT molecular complexity index is 766. The number of fused-ring (bicyclic) bond motifs is 1. The van der Waals surface area contributed by atoms with Gasteiger partial charge in [-0.05, 0) is 25.0 Å². The van der Waals surface area contributed by atoms with Crippen LogP contribution >= 0.6 is 0 Å². The Hall–Kier alpha value is -1.81. The van der Waals surface area contributed by atoms with Crippen LogP contribution in [0.1, 0.15) is 33.6 Å². The first-order valence-corrected chi connectivity index (χ1v) is 10.1. The lowest BCUT2D eigenvalue weighted by molar-refractivity contribution is -0.0126. The average molecular weight is 382 g/mol. The van der Waals surface area contributed by atoms with Gasteiger partial charge in [0.15, 0.2) is 0 Å². The molecule has 2 aliphatic heterocycles. The zero-order valence-corrected chi connectivity index (χ0v) is 15.1. The van der Waals surface area contributed by atoms with Crippen molar-refractivity contribution >= 4 is 21.8 Å². The van der Waals surface area contributed by atoms with E-state index < -0.39 is 27.3 Å². The van der Waals surface area contributed by atoms with Gasteiger partial charge in [-0.2, -0.15) is 0 Å². The van der Waals surface area contributed by atoms with E-state index >= 15 is 0 Å². The van der Waals surface area contributed by atoms with E-state index in [1.54, 1.807) is 24.3 Å². The third-order valence-electron chi connectivity index (χ3n) is 5.02. The maximum Gasteiger partial charge on any atom is 0.261 e. The zero-order valence-electron chi connectivity index (χ0n) is 14.3. The van der Waals surface area contributed by atoms with E-state index in [1.165, 1.54) is 0 Å². The molecule has 2 amide bonds. The molecule has 1 aromatic carbocycles. The lowest BCUT2D eigenvalue weighted by Gasteiger charge is -2.35. The molecule has 0 spiro atoms. The smallest absolute Gasteiger partial charge is 0.261 e. The second kappa shape index (κ2) is 7.43. The predicted molar refractivity (Wildman–Crippen MR) is 93.2 cm³/mol. The first kappa shape index (κ1) is 19.0. The Balaban J connectivity index is 1.59. The van der Waals surface area contributed by atoms with Gasteiger partial charge in [-0.25, -0.2) is 13.1 Å². The number of imide groups is 1. The zero-order chi connectivity index (χ0) is 18.8. The van der Waals surface area contributed by atoms with Gasteiger partial charge >= 0.3 is 0 Å². The fourth-order valence-electron chi connectivity index (χ4n) is 3.18. The number of carbonyl (C=O) groups is 2. The number of nitrogens with zero attached hydrogens (tertiary/aromatic N) is 1. The van der Waals surface area contributed by atoms with Crippen molar-refractivity contribution in [1.29, 1.82) is 0 Å². The number of ether oxygens (including phenoxy) is 1. The quantitative estimate of drug-likeness (QED) is 0.642. The van der Waals surface area contributed by atoms with Gasteiger partial charge in [-0.1, -0.05) is 12.1 Å². The minimum absolute atomic E-state index is 0.108. The molecule has 0 aliphatic carbocycles. The van der Waals surface area contributed by atoms with E-state index in [0.29, 0.717) is 37.2 Å². The Morgan fingerprint density at radius 3 is 2.23 bits per heavy atom. The molecule has 2 heterocycles. The number of amides is 2. The van der Waals surface area contributed by atoms with Crippen LogP contribution in [-0.2, 0) is 14.8 Å². The standard InChI is InChI=1S/C17H22N2O6S/c20-12-17(5-8-25-9-6-17)11-18-26(23,24)10-7-19-15(21)13-3-1-2-4-14(13)16(19)22/h1-4,18,20H,5-12H2. The number of hydrogen-bond donors (Lipinski definition) is 2. The Morgan fingerprint density at radius 1 is 1.12 bits per heavy atom. The lowest BCUT2D eigenvalue weighted by atomic mass is 9.81. The molecule has 0 aromatic heterocycles. The van der Waals surface area contributed by atoms with Gasteiger partial charge in [0, 0.05) is 31.7 Å². The number of carbonyl (C=O) groups excluding carboxylic acids is 2. The molecule has 0 saturated carbocycles. The van der Waals surface area contributed by atoms with Gasteiger partial charge in [0.25, 0.3) is 11.8 Å². The minimum Gasteiger partial charge on any atom is -0.396 e. The van der Waals surface area contributed by atoms with Crippen LogP contribution in [0.2, 0.25) is 0 Å². The molecule has 142 valence electrons. The SMILES string of the molecule is O=C1c2ccccc2C(=O)N1CCS(=O)(=O)NCC1(CO)CCOCC1. The maximum atomic E-state index is 12.3. The van der Waals surface area contributed by atoms with Crippen molar-refractivity contribution in [2.24, 2.45) is 5.41 Å². The number of hydrogen-bond acceptors (Lipinski definition) is 6. The molecule has 0 radical (unpaired) electrons. The summed E-state index contributed by atoms with van der Waals surface area (Å²) in [6.45, 7) is 0.736. The molecule has 2 N–H and O–H groups in total. The summed E-state index contributed by atoms with van der Waals surface area (Å²) in [6.07, 6.45) is 1.15. The molecule has 26 heavy (non-hydrogen) atoms. The van der Waals surface area contributed by atoms with Gasteiger partial charge < -0.3 is 9.84 Å². The summed E-state index contributed by atoms with van der Waals surface area (Å²) < 4.78 is 32.4. The van der Waals surface area contributed by atoms with Gasteiger partial charge in [0.2, 0.25) is 10.0 Å². The van der Waals surface area contributed by atoms with Crippen molar-refractivity contribution in [3.63, 3.8) is 0 Å². The van der Waals surface area contributed by atoms with E-state index in [2.05, 4.69) is 4.72 Å². The van der Waals surface area contributed by atoms with Crippen molar-refractivity contribution in [1.82, 2.24) is 9.62 Å². The molecule has 2 aliphatic rings. The summed E-state index contributed by atoms with van der Waals surface area (Å²) in [7, 11) is -3.70. The largest absolute Gasteiger partial charge is 0.396 e. The predicted octanol–water partition coefficient (Wildman–Crippen LogP) is -0.00890. The Kier molecular flexibility index (Phi) is 5.42. The second-order valence-corrected chi connectivity index (χ2v) is 8.64. The monoisotopic (exact) mass is 382 g/mol. The first-order chi connectivity index (χ1) is 12.4. The summed E-state index contributed by atoms with van der Waals surface area (Å²) in [5.41, 5.74) is 0.0643. The molecule has 3 rings (SSSR count). The van der Waals surface area contributed by atoms with E-state index in [9.17, 15) is 23.1 Å². The van der Waals surface area contributed by atoms with E-state index in [4.69, 9.17) is 4.74 Å². The van der Waals surface area contributed by atoms with Crippen LogP contribution in [0, 0.1) is 5.41 Å². The summed E-state index contributed by atoms with van der Waals surface area (Å²) in [5, 5.41) is 9.62. The molecule has 1 fully saturated rings. The molecule has 9 heteroatoms. The highest BCUT2D eigenvalue weighted by Gasteiger charge is 2.36. The van der Waals surface area contributed by atoms with Crippen LogP contribution < -0.4 is 4.72 Å². The molecule has 8 nitrogen and oxygen atoms in total. The fraction of sp³-hybridized carbons (Fsp3) is 0.529. The molecular formula is C17H22N2O6S. The molecular weight excluding hydrogens is 360 g/mol. The van der Waals surface area contributed by atoms with Gasteiger partial charge in [-0.15, -0.1) is 0 Å². The third-order valence-corrected chi connectivity index (χ3v) is 6.32. The van der Waals surface area contributed by atoms with Crippen LogP contribution in [0.5, 0.6) is 0 Å². The highest BCUT2D eigenvalue weighted by atomic mass is 32.2. The fourth-order valence-corrected chi connectivity index (χ4v) is 4.28. The van der Waals surface area contributed by atoms with Gasteiger partial charge in [0.1, 0.15) is 0 Å². The molecule has 0 atom stereocenters. The topological polar surface area (TPSA) is 113 Å². The van der Waals surface area contributed by atoms with Crippen LogP contribution in [-0.4, -0.2) is 68.9 Å². The number of aliphatic hydroxyl groups is 1. The van der Waals surface area contributed by atoms with Crippen LogP contribution in [0.15, 0.2) is 24.3 Å². The van der Waals surface area contributed by atoms with Crippen molar-refractivity contribution in [3.8, 4) is 0 Å². The molecule has 0 bridgehead atoms. The number of nitrogens with one attached hydrogen (secondary N) is 1. The van der Waals surface area contributed by atoms with Gasteiger partial charge in [-0.3, -0.25) is 14.5 Å². The van der Waals surface area contributed by atoms with Crippen molar-refractivity contribution < 1.29 is 27.9 Å². The maximum absolute atomic E-state index is 12.3.